The number of nitrogens with zero attached hydrogens (tertiary/aromatic N) is 5. The number of amides is 1. The predicted molar refractivity (Wildman–Crippen MR) is 108 cm³/mol. The minimum absolute atomic E-state index is 0.104. The third-order valence-electron chi connectivity index (χ3n) is 4.72. The van der Waals surface area contributed by atoms with Crippen molar-refractivity contribution in [1.82, 2.24) is 19.7 Å². The fourth-order valence-electron chi connectivity index (χ4n) is 3.68. The topological polar surface area (TPSA) is 85.2 Å². The van der Waals surface area contributed by atoms with Crippen LogP contribution in [0.5, 0.6) is 0 Å². The van der Waals surface area contributed by atoms with E-state index >= 15 is 0 Å². The van der Waals surface area contributed by atoms with Crippen LogP contribution in [-0.4, -0.2) is 51.0 Å². The van der Waals surface area contributed by atoms with Crippen molar-refractivity contribution < 1.29 is 9.53 Å². The summed E-state index contributed by atoms with van der Waals surface area (Å²) in [5.74, 6) is 1.20. The van der Waals surface area contributed by atoms with E-state index in [2.05, 4.69) is 34.1 Å². The molecule has 1 amide bonds. The molecule has 8 heteroatoms. The normalized spacial score (nSPS) is 19.8. The summed E-state index contributed by atoms with van der Waals surface area (Å²) in [4.78, 5) is 23.2. The number of pyridine rings is 2. The summed E-state index contributed by atoms with van der Waals surface area (Å²) in [6, 6.07) is 3.89. The zero-order valence-corrected chi connectivity index (χ0v) is 16.5. The monoisotopic (exact) mass is 380 g/mol. The van der Waals surface area contributed by atoms with E-state index < -0.39 is 0 Å². The van der Waals surface area contributed by atoms with Crippen LogP contribution in [0.1, 0.15) is 20.8 Å². The van der Waals surface area contributed by atoms with Crippen molar-refractivity contribution in [2.24, 2.45) is 7.05 Å². The Morgan fingerprint density at radius 3 is 2.61 bits per heavy atom. The second kappa shape index (κ2) is 7.20. The van der Waals surface area contributed by atoms with Crippen molar-refractivity contribution in [2.75, 3.05) is 23.3 Å². The Labute approximate surface area is 163 Å². The Morgan fingerprint density at radius 2 is 1.96 bits per heavy atom. The van der Waals surface area contributed by atoms with Gasteiger partial charge < -0.3 is 15.0 Å². The quantitative estimate of drug-likeness (QED) is 0.752. The Hall–Kier alpha value is -3.00. The van der Waals surface area contributed by atoms with Crippen LogP contribution in [-0.2, 0) is 16.6 Å². The second-order valence-electron chi connectivity index (χ2n) is 7.37. The van der Waals surface area contributed by atoms with Crippen molar-refractivity contribution in [3.63, 3.8) is 0 Å². The minimum atomic E-state index is -0.150. The second-order valence-corrected chi connectivity index (χ2v) is 7.37. The van der Waals surface area contributed by atoms with Crippen molar-refractivity contribution in [1.29, 1.82) is 0 Å². The zero-order valence-electron chi connectivity index (χ0n) is 16.5. The van der Waals surface area contributed by atoms with Gasteiger partial charge in [0, 0.05) is 50.4 Å². The van der Waals surface area contributed by atoms with Gasteiger partial charge in [-0.1, -0.05) is 0 Å². The van der Waals surface area contributed by atoms with Crippen molar-refractivity contribution in [3.8, 4) is 11.3 Å². The highest BCUT2D eigenvalue weighted by Gasteiger charge is 2.25. The van der Waals surface area contributed by atoms with Gasteiger partial charge >= 0.3 is 0 Å². The summed E-state index contributed by atoms with van der Waals surface area (Å²) in [6.45, 7) is 7.07. The molecule has 1 N–H and O–H groups in total. The van der Waals surface area contributed by atoms with Crippen molar-refractivity contribution >= 4 is 28.3 Å². The van der Waals surface area contributed by atoms with E-state index in [-0.39, 0.29) is 18.1 Å². The summed E-state index contributed by atoms with van der Waals surface area (Å²) in [5.41, 5.74) is 1.77. The third-order valence-corrected chi connectivity index (χ3v) is 4.72. The maximum Gasteiger partial charge on any atom is 0.222 e. The summed E-state index contributed by atoms with van der Waals surface area (Å²) >= 11 is 0. The van der Waals surface area contributed by atoms with E-state index in [0.717, 1.165) is 40.9 Å². The number of aromatic nitrogens is 4. The van der Waals surface area contributed by atoms with Crippen LogP contribution in [0.4, 0.5) is 11.6 Å². The molecular formula is C20H24N6O2. The van der Waals surface area contributed by atoms with Crippen LogP contribution in [0.3, 0.4) is 0 Å². The van der Waals surface area contributed by atoms with Crippen LogP contribution in [0.15, 0.2) is 30.7 Å². The summed E-state index contributed by atoms with van der Waals surface area (Å²) in [6.07, 6.45) is 5.77. The van der Waals surface area contributed by atoms with Gasteiger partial charge in [0.05, 0.1) is 24.1 Å². The summed E-state index contributed by atoms with van der Waals surface area (Å²) < 4.78 is 7.61. The number of carbonyl (C=O) groups is 1. The molecule has 1 aliphatic rings. The summed E-state index contributed by atoms with van der Waals surface area (Å²) in [5, 5.41) is 8.95. The average Bonchev–Trinajstić information content (AvgIpc) is 3.05. The Morgan fingerprint density at radius 1 is 1.21 bits per heavy atom. The fourth-order valence-corrected chi connectivity index (χ4v) is 3.68. The van der Waals surface area contributed by atoms with Crippen LogP contribution in [0, 0.1) is 0 Å². The molecule has 0 bridgehead atoms. The van der Waals surface area contributed by atoms with Crippen LogP contribution >= 0.6 is 0 Å². The highest BCUT2D eigenvalue weighted by molar-refractivity contribution is 5.98. The van der Waals surface area contributed by atoms with E-state index in [0.29, 0.717) is 5.82 Å². The van der Waals surface area contributed by atoms with Crippen LogP contribution in [0.2, 0.25) is 0 Å². The molecule has 3 aromatic heterocycles. The van der Waals surface area contributed by atoms with Gasteiger partial charge in [-0.05, 0) is 31.4 Å². The van der Waals surface area contributed by atoms with Crippen LogP contribution in [0.25, 0.3) is 22.0 Å². The fraction of sp³-hybridized carbons (Fsp3) is 0.400. The molecule has 0 spiro atoms. The molecule has 4 heterocycles. The lowest BCUT2D eigenvalue weighted by molar-refractivity contribution is -0.114. The standard InChI is InChI=1S/C20H24N6O2/c1-12-9-26(10-13(2)28-12)20-17-8-21-18(16-7-22-25(4)11-16)5-15(17)6-19(24-20)23-14(3)27/h5-8,11-13H,9-10H2,1-4H3,(H,23,24,27)/t12-,13+. The Balaban J connectivity index is 1.83. The van der Waals surface area contributed by atoms with Gasteiger partial charge in [-0.2, -0.15) is 5.10 Å². The van der Waals surface area contributed by atoms with Crippen LogP contribution < -0.4 is 10.2 Å². The molecule has 3 aromatic rings. The molecule has 0 saturated carbocycles. The molecule has 0 aliphatic carbocycles. The first-order valence-corrected chi connectivity index (χ1v) is 9.37. The summed E-state index contributed by atoms with van der Waals surface area (Å²) in [7, 11) is 1.88. The first kappa shape index (κ1) is 18.4. The SMILES string of the molecule is CC(=O)Nc1cc2cc(-c3cnn(C)c3)ncc2c(N2C[C@@H](C)O[C@@H](C)C2)n1. The molecule has 146 valence electrons. The number of ether oxygens (including phenoxy) is 1. The van der Waals surface area contributed by atoms with E-state index in [1.807, 2.05) is 31.6 Å². The highest BCUT2D eigenvalue weighted by atomic mass is 16.5. The zero-order chi connectivity index (χ0) is 19.8. The Bertz CT molecular complexity index is 1020. The number of morpholine rings is 1. The molecule has 1 fully saturated rings. The first-order valence-electron chi connectivity index (χ1n) is 9.37. The number of nitrogens with one attached hydrogen (secondary N) is 1. The van der Waals surface area contributed by atoms with E-state index in [4.69, 9.17) is 9.72 Å². The molecular weight excluding hydrogens is 356 g/mol. The van der Waals surface area contributed by atoms with E-state index in [1.54, 1.807) is 10.9 Å². The number of fused-ring (bicyclic) bond motifs is 1. The minimum Gasteiger partial charge on any atom is -0.372 e. The lowest BCUT2D eigenvalue weighted by atomic mass is 10.1. The molecule has 28 heavy (non-hydrogen) atoms. The molecule has 0 radical (unpaired) electrons. The number of rotatable bonds is 3. The van der Waals surface area contributed by atoms with Gasteiger partial charge in [-0.15, -0.1) is 0 Å². The van der Waals surface area contributed by atoms with Gasteiger partial charge in [0.15, 0.2) is 0 Å². The van der Waals surface area contributed by atoms with Gasteiger partial charge in [0.1, 0.15) is 11.6 Å². The maximum absolute atomic E-state index is 11.6. The van der Waals surface area contributed by atoms with Gasteiger partial charge in [0.2, 0.25) is 5.91 Å². The predicted octanol–water partition coefficient (Wildman–Crippen LogP) is 2.60. The molecule has 4 rings (SSSR count). The smallest absolute Gasteiger partial charge is 0.222 e. The van der Waals surface area contributed by atoms with E-state index in [9.17, 15) is 4.79 Å². The molecule has 8 nitrogen and oxygen atoms in total. The molecule has 1 saturated heterocycles. The lowest BCUT2D eigenvalue weighted by Gasteiger charge is -2.36. The third kappa shape index (κ3) is 3.68. The molecule has 0 aromatic carbocycles. The first-order chi connectivity index (χ1) is 13.4. The van der Waals surface area contributed by atoms with Crippen molar-refractivity contribution in [3.05, 3.63) is 30.7 Å². The lowest BCUT2D eigenvalue weighted by Crippen LogP contribution is -2.46. The van der Waals surface area contributed by atoms with Gasteiger partial charge in [-0.3, -0.25) is 14.5 Å². The largest absolute Gasteiger partial charge is 0.372 e. The number of aryl methyl sites for hydroxylation is 1. The molecule has 0 unspecified atom stereocenters. The molecule has 1 aliphatic heterocycles. The van der Waals surface area contributed by atoms with Gasteiger partial charge in [0.25, 0.3) is 0 Å². The highest BCUT2D eigenvalue weighted by Crippen LogP contribution is 2.31. The Kier molecular flexibility index (Phi) is 4.72. The number of carbonyl (C=O) groups excluding carboxylic acids is 1. The van der Waals surface area contributed by atoms with Gasteiger partial charge in [-0.25, -0.2) is 4.98 Å². The number of hydrogen-bond acceptors (Lipinski definition) is 6. The van der Waals surface area contributed by atoms with Crippen molar-refractivity contribution in [2.45, 2.75) is 33.0 Å². The van der Waals surface area contributed by atoms with E-state index in [1.165, 1.54) is 6.92 Å². The molecule has 2 atom stereocenters. The number of hydrogen-bond donors (Lipinski definition) is 1. The maximum atomic E-state index is 11.6. The number of anilines is 2. The average molecular weight is 380 g/mol.